The Morgan fingerprint density at radius 1 is 0.938 bits per heavy atom. The molecule has 2 nitrogen and oxygen atoms in total. The average molecular weight is 294 g/mol. The molecule has 0 N–H and O–H groups in total. The second-order valence-corrected chi connectivity index (χ2v) is 5.17. The molecular weight excluding hydrogens is 266 g/mol. The number of halogens is 1. The molecule has 0 bridgehead atoms. The molecule has 0 amide bonds. The molecule has 0 aliphatic carbocycles. The summed E-state index contributed by atoms with van der Waals surface area (Å²) in [6.45, 7) is 8.00. The molecule has 1 fully saturated rings. The lowest BCUT2D eigenvalue weighted by atomic mass is 10.1. The van der Waals surface area contributed by atoms with Crippen molar-refractivity contribution in [1.29, 1.82) is 0 Å². The lowest BCUT2D eigenvalue weighted by Crippen LogP contribution is -3.00. The normalized spacial score (nSPS) is 19.1. The molecule has 0 aromatic heterocycles. The average Bonchev–Trinajstić information content (AvgIpc) is 2.24. The Bertz CT molecular complexity index is 158. The first kappa shape index (κ1) is 16.4. The van der Waals surface area contributed by atoms with Crippen molar-refractivity contribution in [2.45, 2.75) is 45.4 Å². The van der Waals surface area contributed by atoms with Crippen LogP contribution < -0.4 is 17.0 Å². The largest absolute Gasteiger partial charge is 1.00 e. The standard InChI is InChI=1S/C13H28NO.BrH/c1-3-4-5-6-7-8-9-14(2)10-12-15-13-11-14;/h3-13H2,1-2H3;1H/q+1;/p-1. The van der Waals surface area contributed by atoms with Gasteiger partial charge in [-0.1, -0.05) is 32.6 Å². The summed E-state index contributed by atoms with van der Waals surface area (Å²) in [6, 6.07) is 0. The summed E-state index contributed by atoms with van der Waals surface area (Å²) in [4.78, 5) is 0. The minimum Gasteiger partial charge on any atom is -1.00 e. The zero-order valence-electron chi connectivity index (χ0n) is 11.0. The zero-order chi connectivity index (χ0) is 11.0. The molecule has 1 saturated heterocycles. The molecule has 0 atom stereocenters. The van der Waals surface area contributed by atoms with E-state index in [9.17, 15) is 0 Å². The predicted octanol–water partition coefficient (Wildman–Crippen LogP) is -0.172. The van der Waals surface area contributed by atoms with Gasteiger partial charge in [0.2, 0.25) is 0 Å². The van der Waals surface area contributed by atoms with Gasteiger partial charge in [0.25, 0.3) is 0 Å². The van der Waals surface area contributed by atoms with E-state index in [4.69, 9.17) is 4.74 Å². The number of hydrogen-bond donors (Lipinski definition) is 0. The summed E-state index contributed by atoms with van der Waals surface area (Å²) in [5.74, 6) is 0. The first-order chi connectivity index (χ1) is 7.27. The third kappa shape index (κ3) is 6.87. The maximum atomic E-state index is 5.41. The summed E-state index contributed by atoms with van der Waals surface area (Å²) >= 11 is 0. The Balaban J connectivity index is 0.00000225. The summed E-state index contributed by atoms with van der Waals surface area (Å²) in [5.41, 5.74) is 0. The third-order valence-electron chi connectivity index (χ3n) is 3.60. The first-order valence-electron chi connectivity index (χ1n) is 6.68. The van der Waals surface area contributed by atoms with E-state index in [2.05, 4.69) is 14.0 Å². The Kier molecular flexibility index (Phi) is 9.67. The van der Waals surface area contributed by atoms with Crippen molar-refractivity contribution >= 4 is 0 Å². The van der Waals surface area contributed by atoms with Gasteiger partial charge in [-0.05, 0) is 12.8 Å². The summed E-state index contributed by atoms with van der Waals surface area (Å²) in [6.07, 6.45) is 8.47. The van der Waals surface area contributed by atoms with Gasteiger partial charge in [-0.15, -0.1) is 0 Å². The van der Waals surface area contributed by atoms with Crippen LogP contribution in [0.5, 0.6) is 0 Å². The maximum Gasteiger partial charge on any atom is 0.102 e. The number of rotatable bonds is 7. The minimum absolute atomic E-state index is 0. The van der Waals surface area contributed by atoms with Crippen molar-refractivity contribution in [2.24, 2.45) is 0 Å². The van der Waals surface area contributed by atoms with Crippen LogP contribution in [0.2, 0.25) is 0 Å². The van der Waals surface area contributed by atoms with Crippen LogP contribution in [-0.2, 0) is 4.74 Å². The van der Waals surface area contributed by atoms with Gasteiger partial charge in [0.1, 0.15) is 13.1 Å². The molecule has 0 spiro atoms. The summed E-state index contributed by atoms with van der Waals surface area (Å²) in [7, 11) is 2.38. The highest BCUT2D eigenvalue weighted by molar-refractivity contribution is 4.49. The van der Waals surface area contributed by atoms with Gasteiger partial charge in [0.05, 0.1) is 26.8 Å². The first-order valence-corrected chi connectivity index (χ1v) is 6.68. The van der Waals surface area contributed by atoms with Crippen LogP contribution >= 0.6 is 0 Å². The smallest absolute Gasteiger partial charge is 0.102 e. The molecule has 0 aromatic carbocycles. The Morgan fingerprint density at radius 3 is 2.12 bits per heavy atom. The number of likely N-dealkylation sites (N-methyl/N-ethyl adjacent to an activating group) is 1. The van der Waals surface area contributed by atoms with Crippen molar-refractivity contribution in [2.75, 3.05) is 39.9 Å². The number of hydrogen-bond acceptors (Lipinski definition) is 1. The highest BCUT2D eigenvalue weighted by Crippen LogP contribution is 2.12. The summed E-state index contributed by atoms with van der Waals surface area (Å²) in [5, 5.41) is 0. The van der Waals surface area contributed by atoms with Crippen LogP contribution in [-0.4, -0.2) is 44.4 Å². The summed E-state index contributed by atoms with van der Waals surface area (Å²) < 4.78 is 6.65. The number of morpholine rings is 1. The molecule has 0 saturated carbocycles. The minimum atomic E-state index is 0. The van der Waals surface area contributed by atoms with E-state index in [0.717, 1.165) is 13.2 Å². The Hall–Kier alpha value is 0.400. The van der Waals surface area contributed by atoms with Gasteiger partial charge in [-0.2, -0.15) is 0 Å². The molecule has 98 valence electrons. The van der Waals surface area contributed by atoms with Gasteiger partial charge in [0, 0.05) is 0 Å². The fraction of sp³-hybridized carbons (Fsp3) is 1.00. The SMILES string of the molecule is CCCCCCCC[N+]1(C)CCOCC1.[Br-]. The van der Waals surface area contributed by atoms with E-state index in [0.29, 0.717) is 0 Å². The van der Waals surface area contributed by atoms with Crippen LogP contribution in [0.1, 0.15) is 45.4 Å². The van der Waals surface area contributed by atoms with Crippen LogP contribution in [0, 0.1) is 0 Å². The molecule has 16 heavy (non-hydrogen) atoms. The molecule has 0 aromatic rings. The van der Waals surface area contributed by atoms with Gasteiger partial charge < -0.3 is 26.2 Å². The number of unbranched alkanes of at least 4 members (excludes halogenated alkanes) is 5. The molecular formula is C13H28BrNO. The van der Waals surface area contributed by atoms with Crippen molar-refractivity contribution in [3.05, 3.63) is 0 Å². The molecule has 1 aliphatic rings. The lowest BCUT2D eigenvalue weighted by Gasteiger charge is -2.37. The van der Waals surface area contributed by atoms with Gasteiger partial charge in [-0.3, -0.25) is 0 Å². The van der Waals surface area contributed by atoms with Crippen molar-refractivity contribution in [3.63, 3.8) is 0 Å². The predicted molar refractivity (Wildman–Crippen MR) is 65.0 cm³/mol. The van der Waals surface area contributed by atoms with Crippen LogP contribution in [0.25, 0.3) is 0 Å². The lowest BCUT2D eigenvalue weighted by molar-refractivity contribution is -0.917. The fourth-order valence-corrected chi connectivity index (χ4v) is 2.28. The molecule has 3 heteroatoms. The van der Waals surface area contributed by atoms with Crippen molar-refractivity contribution < 1.29 is 26.2 Å². The second kappa shape index (κ2) is 9.43. The molecule has 1 heterocycles. The van der Waals surface area contributed by atoms with E-state index in [-0.39, 0.29) is 17.0 Å². The number of quaternary nitrogens is 1. The van der Waals surface area contributed by atoms with Crippen molar-refractivity contribution in [1.82, 2.24) is 0 Å². The van der Waals surface area contributed by atoms with E-state index >= 15 is 0 Å². The van der Waals surface area contributed by atoms with Gasteiger partial charge in [0.15, 0.2) is 0 Å². The molecule has 0 radical (unpaired) electrons. The topological polar surface area (TPSA) is 9.23 Å². The van der Waals surface area contributed by atoms with Crippen LogP contribution in [0.4, 0.5) is 0 Å². The fourth-order valence-electron chi connectivity index (χ4n) is 2.28. The van der Waals surface area contributed by atoms with E-state index in [1.807, 2.05) is 0 Å². The maximum absolute atomic E-state index is 5.41. The van der Waals surface area contributed by atoms with Crippen LogP contribution in [0.15, 0.2) is 0 Å². The number of ether oxygens (including phenoxy) is 1. The van der Waals surface area contributed by atoms with E-state index < -0.39 is 0 Å². The Morgan fingerprint density at radius 2 is 1.50 bits per heavy atom. The molecule has 0 unspecified atom stereocenters. The zero-order valence-corrected chi connectivity index (χ0v) is 12.6. The van der Waals surface area contributed by atoms with Crippen molar-refractivity contribution in [3.8, 4) is 0 Å². The molecule has 1 rings (SSSR count). The van der Waals surface area contributed by atoms with Crippen LogP contribution in [0.3, 0.4) is 0 Å². The molecule has 1 aliphatic heterocycles. The highest BCUT2D eigenvalue weighted by atomic mass is 79.9. The highest BCUT2D eigenvalue weighted by Gasteiger charge is 2.23. The van der Waals surface area contributed by atoms with Gasteiger partial charge >= 0.3 is 0 Å². The van der Waals surface area contributed by atoms with E-state index in [1.165, 1.54) is 62.6 Å². The van der Waals surface area contributed by atoms with E-state index in [1.54, 1.807) is 0 Å². The second-order valence-electron chi connectivity index (χ2n) is 5.17. The third-order valence-corrected chi connectivity index (χ3v) is 3.60. The Labute approximate surface area is 112 Å². The number of nitrogens with zero attached hydrogens (tertiary/aromatic N) is 1. The van der Waals surface area contributed by atoms with Gasteiger partial charge in [-0.25, -0.2) is 0 Å². The quantitative estimate of drug-likeness (QED) is 0.468. The monoisotopic (exact) mass is 293 g/mol.